The molecule has 19 atom stereocenters. The van der Waals surface area contributed by atoms with E-state index in [1.807, 2.05) is 49.9 Å². The summed E-state index contributed by atoms with van der Waals surface area (Å²) in [5.74, 6) is 5.36. The van der Waals surface area contributed by atoms with E-state index in [0.717, 1.165) is 78.6 Å². The second kappa shape index (κ2) is 33.4. The summed E-state index contributed by atoms with van der Waals surface area (Å²) < 4.78 is 71.9. The number of allylic oxidation sites excluding steroid dienone is 7. The fourth-order valence-corrected chi connectivity index (χ4v) is 27.0. The van der Waals surface area contributed by atoms with Gasteiger partial charge >= 0.3 is 74.7 Å². The Kier molecular flexibility index (Phi) is 25.5. The van der Waals surface area contributed by atoms with Crippen LogP contribution in [0.2, 0.25) is 0 Å². The minimum Gasteiger partial charge on any atom is -0.537 e. The second-order valence-electron chi connectivity index (χ2n) is 39.4. The molecule has 14 nitrogen and oxygen atoms in total. The third-order valence-corrected chi connectivity index (χ3v) is 35.4. The van der Waals surface area contributed by atoms with E-state index in [2.05, 4.69) is 212 Å². The number of halogens is 3. The van der Waals surface area contributed by atoms with Gasteiger partial charge in [0, 0.05) is 76.9 Å². The summed E-state index contributed by atoms with van der Waals surface area (Å²) in [4.78, 5) is 31.5. The van der Waals surface area contributed by atoms with Crippen molar-refractivity contribution in [3.05, 3.63) is 174 Å². The van der Waals surface area contributed by atoms with Gasteiger partial charge in [-0.25, -0.2) is 4.99 Å². The molecule has 6 aromatic rings. The van der Waals surface area contributed by atoms with Crippen LogP contribution in [-0.4, -0.2) is 130 Å². The average molecular weight is 1630 g/mol. The van der Waals surface area contributed by atoms with Gasteiger partial charge in [-0.3, -0.25) is 15.0 Å². The van der Waals surface area contributed by atoms with Crippen molar-refractivity contribution >= 4 is 68.5 Å². The molecule has 7 fully saturated rings. The van der Waals surface area contributed by atoms with E-state index >= 15 is 0 Å². The van der Waals surface area contributed by atoms with E-state index in [-0.39, 0.29) is 73.4 Å². The standard InChI is InChI=1S/C31H42N2.C31H40N2.C23H34F3NO3S.C9H7BNO2.C2H3NO2.K/c2*1-29-14-10-25(33(4)5)19-24(29)8-9-28-27(29)12-16-30(2)26(11-15-31(28,30)3)22-7-6-21-13-17-32-20-23(21)18-22;1-20-11-8-16(27(4)5)14-15(20)6-7-18-17(20)9-12-22(3)19(10-13-21(18,22)2)30-31(28,29)23(24,25)26;12-10-13-9-2-1-7-3-4-11-6-8(7)5-9;1-3-2(4)5;/h6-8,13,17-18,20,25-28H,9-12,14-16,19H2,1-5H3;6-8,11,13,17-18,20,25,27-28H,9-10,12,14-16,19H2,1-5H3;6,10,16-18H,7-9,11-14H2,1-5H3;1-6,12H;1H2,(H,4,5);/q;;;;;+1/p-1/t25-,26+,27?,28+,29-,30+,31-;25-,27?,28+,29-,30+,31-;16-,17?,18+,20-,21-,22+;;;/m000.../s1. The summed E-state index contributed by atoms with van der Waals surface area (Å²) in [6.45, 7) is 24.9. The number of rotatable bonds is 9. The quantitative estimate of drug-likeness (QED) is 0.0477. The van der Waals surface area contributed by atoms with E-state index in [1.165, 1.54) is 129 Å². The van der Waals surface area contributed by atoms with Crippen LogP contribution in [0.3, 0.4) is 0 Å². The topological polar surface area (TPSA) is 174 Å². The van der Waals surface area contributed by atoms with Crippen molar-refractivity contribution < 1.29 is 96.7 Å². The molecule has 3 unspecified atom stereocenters. The molecule has 20 heteroatoms. The SMILES string of the molecule is C=NC(=O)[O-].CN(C)[C@H]1CC[C@@]2(C)C(=CC[C@@H]3C2CC[C@]2(C)C(OS(=O)(=O)C(F)(F)F)=CC[C@@]32C)C1.CN(C)[C@H]1CC[C@@]2(C)C(=CC[C@@H]3C2CC[C@]2(C)C(c4ccc5ccncc5c4)=CC[C@@]32C)C1.CN(C)[C@H]1CC[C@@]2(C)C(=CC[C@@H]3C2CC[C@]2(C)[C@@H](c4ccc5ccncc5c4)CC[C@@]32C)C1.O[B]Oc1ccc2ccncc2c1.[K+]. The van der Waals surface area contributed by atoms with Crippen LogP contribution in [0.4, 0.5) is 18.0 Å². The fourth-order valence-electron chi connectivity index (χ4n) is 26.4. The largest absolute Gasteiger partial charge is 1.00 e. The molecule has 0 bridgehead atoms. The van der Waals surface area contributed by atoms with Gasteiger partial charge in [0.1, 0.15) is 11.5 Å². The molecule has 1 radical (unpaired) electrons. The van der Waals surface area contributed by atoms with Crippen LogP contribution in [-0.2, 0) is 14.3 Å². The minimum atomic E-state index is -5.66. The smallest absolute Gasteiger partial charge is 0.537 e. The van der Waals surface area contributed by atoms with Crippen LogP contribution in [0.5, 0.6) is 5.75 Å². The van der Waals surface area contributed by atoms with E-state index in [1.54, 1.807) is 46.8 Å². The van der Waals surface area contributed by atoms with E-state index < -0.39 is 27.1 Å². The minimum absolute atomic E-state index is 0. The summed E-state index contributed by atoms with van der Waals surface area (Å²) in [6, 6.07) is 28.0. The van der Waals surface area contributed by atoms with Gasteiger partial charge in [-0.2, -0.15) is 21.6 Å². The van der Waals surface area contributed by atoms with Crippen molar-refractivity contribution in [1.82, 2.24) is 29.7 Å². The van der Waals surface area contributed by atoms with Crippen LogP contribution < -0.4 is 61.1 Å². The number of hydrogen-bond donors (Lipinski definition) is 1. The predicted molar refractivity (Wildman–Crippen MR) is 456 cm³/mol. The number of aromatic nitrogens is 3. The van der Waals surface area contributed by atoms with E-state index in [0.29, 0.717) is 77.1 Å². The zero-order valence-electron chi connectivity index (χ0n) is 72.0. The number of amides is 1. The molecular weight excluding hydrogens is 1500 g/mol. The zero-order valence-corrected chi connectivity index (χ0v) is 75.9. The van der Waals surface area contributed by atoms with E-state index in [4.69, 9.17) is 23.8 Å². The predicted octanol–water partition coefficient (Wildman–Crippen LogP) is 17.9. The average Bonchev–Trinajstić information content (AvgIpc) is 1.57. The van der Waals surface area contributed by atoms with Crippen LogP contribution in [0.25, 0.3) is 37.9 Å². The number of benzene rings is 3. The van der Waals surface area contributed by atoms with Gasteiger partial charge in [0.25, 0.3) is 0 Å². The number of aliphatic imine (C=N–C) groups is 1. The van der Waals surface area contributed by atoms with Crippen LogP contribution >= 0.6 is 0 Å². The van der Waals surface area contributed by atoms with Crippen LogP contribution in [0.15, 0.2) is 168 Å². The maximum atomic E-state index is 13.0. The van der Waals surface area contributed by atoms with Crippen LogP contribution in [0.1, 0.15) is 221 Å². The van der Waals surface area contributed by atoms with Crippen LogP contribution in [0, 0.1) is 84.2 Å². The molecule has 12 aliphatic rings. The zero-order chi connectivity index (χ0) is 82.4. The molecule has 0 aliphatic heterocycles. The van der Waals surface area contributed by atoms with Crippen molar-refractivity contribution in [3.8, 4) is 5.75 Å². The monoisotopic (exact) mass is 1630 g/mol. The van der Waals surface area contributed by atoms with Gasteiger partial charge in [0.2, 0.25) is 0 Å². The summed E-state index contributed by atoms with van der Waals surface area (Å²) in [5, 5.41) is 24.7. The normalized spacial score (nSPS) is 36.4. The summed E-state index contributed by atoms with van der Waals surface area (Å²) in [6.07, 6.45) is 48.4. The number of fused-ring (bicyclic) bond motifs is 18. The summed E-state index contributed by atoms with van der Waals surface area (Å²) >= 11 is 0. The molecule has 18 rings (SSSR count). The second-order valence-corrected chi connectivity index (χ2v) is 41.0. The number of carboxylic acid groups (broad SMARTS) is 1. The Morgan fingerprint density at radius 1 is 0.517 bits per heavy atom. The maximum Gasteiger partial charge on any atom is 1.00 e. The molecular formula is C96H125BF3KN7O7S. The van der Waals surface area contributed by atoms with Crippen molar-refractivity contribution in [2.75, 3.05) is 42.3 Å². The Bertz CT molecular complexity index is 4900. The first-order valence-electron chi connectivity index (χ1n) is 42.7. The molecule has 3 heterocycles. The molecule has 1 N–H and O–H groups in total. The molecule has 3 aromatic heterocycles. The first-order chi connectivity index (χ1) is 54.3. The Morgan fingerprint density at radius 3 is 1.40 bits per heavy atom. The van der Waals surface area contributed by atoms with Crippen molar-refractivity contribution in [2.24, 2.45) is 89.2 Å². The third kappa shape index (κ3) is 15.4. The number of hydrogen-bond acceptors (Lipinski definition) is 13. The van der Waals surface area contributed by atoms with Gasteiger partial charge in [0.15, 0.2) is 6.09 Å². The number of nitrogens with zero attached hydrogens (tertiary/aromatic N) is 7. The number of carbonyl (C=O) groups excluding carboxylic acids is 1. The Balaban J connectivity index is 0.000000136. The molecule has 116 heavy (non-hydrogen) atoms. The summed E-state index contributed by atoms with van der Waals surface area (Å²) in [5.41, 5.74) is 5.66. The Labute approximate surface area is 732 Å². The molecule has 0 saturated heterocycles. The first kappa shape index (κ1) is 88.4. The third-order valence-electron chi connectivity index (χ3n) is 34.4. The molecule has 1 amide bonds. The van der Waals surface area contributed by atoms with Gasteiger partial charge < -0.3 is 38.5 Å². The first-order valence-corrected chi connectivity index (χ1v) is 44.1. The molecule has 617 valence electrons. The van der Waals surface area contributed by atoms with Gasteiger partial charge in [-0.1, -0.05) is 134 Å². The molecule has 12 aliphatic carbocycles. The molecule has 0 spiro atoms. The molecule has 3 aromatic carbocycles. The van der Waals surface area contributed by atoms with Crippen molar-refractivity contribution in [3.63, 3.8) is 0 Å². The Morgan fingerprint density at radius 2 is 0.931 bits per heavy atom. The molecule has 7 saturated carbocycles. The van der Waals surface area contributed by atoms with E-state index in [9.17, 15) is 21.6 Å². The van der Waals surface area contributed by atoms with Crippen molar-refractivity contribution in [2.45, 2.75) is 233 Å². The Hall–Kier alpha value is -5.39. The van der Waals surface area contributed by atoms with Crippen molar-refractivity contribution in [1.29, 1.82) is 0 Å². The maximum absolute atomic E-state index is 13.0. The van der Waals surface area contributed by atoms with Gasteiger partial charge in [-0.05, 0) is 356 Å². The number of pyridine rings is 3. The van der Waals surface area contributed by atoms with Gasteiger partial charge in [0.05, 0.1) is 0 Å². The number of carbonyl (C=O) groups is 1. The summed E-state index contributed by atoms with van der Waals surface area (Å²) in [7, 11) is 8.35. The number of alkyl halides is 3. The fraction of sp³-hybridized carbons (Fsp3) is 0.594. The van der Waals surface area contributed by atoms with Gasteiger partial charge in [-0.15, -0.1) is 0 Å².